The second-order valence-corrected chi connectivity index (χ2v) is 7.86. The molecule has 0 aliphatic carbocycles. The smallest absolute Gasteiger partial charge is 0.254 e. The highest BCUT2D eigenvalue weighted by Gasteiger charge is 2.32. The second-order valence-electron chi connectivity index (χ2n) is 7.19. The highest BCUT2D eigenvalue weighted by Crippen LogP contribution is 2.29. The highest BCUT2D eigenvalue weighted by molar-refractivity contribution is 7.80. The van der Waals surface area contributed by atoms with Gasteiger partial charge in [-0.3, -0.25) is 13.9 Å². The number of amides is 1. The van der Waals surface area contributed by atoms with Crippen LogP contribution in [0.3, 0.4) is 0 Å². The standard InChI is InChI=1S/C20H22F3N3O3S/c1-12-11-25(13(2)18-16(21)7-8-17(22)19(18)23)9-10-26(12)20(27)14-3-5-15(6-4-14)24-30(28)29/h3-8,12-13,24H,9-11H2,1-2H3,(H,28,29)/p-1/t12-,13?/m0/s1. The summed E-state index contributed by atoms with van der Waals surface area (Å²) in [7, 11) is 0. The number of benzene rings is 2. The molecule has 3 rings (SSSR count). The maximum Gasteiger partial charge on any atom is 0.254 e. The lowest BCUT2D eigenvalue weighted by atomic mass is 10.0. The molecular weight excluding hydrogens is 419 g/mol. The van der Waals surface area contributed by atoms with Crippen molar-refractivity contribution in [2.75, 3.05) is 24.4 Å². The van der Waals surface area contributed by atoms with Gasteiger partial charge >= 0.3 is 0 Å². The third kappa shape index (κ3) is 4.66. The summed E-state index contributed by atoms with van der Waals surface area (Å²) in [6, 6.07) is 6.75. The third-order valence-electron chi connectivity index (χ3n) is 5.30. The third-order valence-corrected chi connectivity index (χ3v) is 5.70. The first kappa shape index (κ1) is 22.3. The SMILES string of the molecule is CC(c1c(F)ccc(F)c1F)N1CCN(C(=O)c2ccc(NS(=O)[O-])cc2)[C@@H](C)C1. The van der Waals surface area contributed by atoms with Gasteiger partial charge in [0, 0.05) is 59.8 Å². The molecule has 0 bridgehead atoms. The van der Waals surface area contributed by atoms with Crippen molar-refractivity contribution >= 4 is 22.9 Å². The topological polar surface area (TPSA) is 75.7 Å². The van der Waals surface area contributed by atoms with Crippen LogP contribution >= 0.6 is 0 Å². The molecule has 1 amide bonds. The number of rotatable bonds is 5. The molecule has 2 aromatic carbocycles. The van der Waals surface area contributed by atoms with Crippen LogP contribution in [0.2, 0.25) is 0 Å². The van der Waals surface area contributed by atoms with Crippen LogP contribution in [0.1, 0.15) is 35.8 Å². The summed E-state index contributed by atoms with van der Waals surface area (Å²) in [5, 5.41) is 0. The van der Waals surface area contributed by atoms with E-state index in [9.17, 15) is 26.7 Å². The highest BCUT2D eigenvalue weighted by atomic mass is 32.2. The quantitative estimate of drug-likeness (QED) is 0.572. The number of hydrogen-bond acceptors (Lipinski definition) is 4. The van der Waals surface area contributed by atoms with Gasteiger partial charge in [0.1, 0.15) is 5.82 Å². The summed E-state index contributed by atoms with van der Waals surface area (Å²) in [5.41, 5.74) is 0.416. The van der Waals surface area contributed by atoms with Crippen LogP contribution < -0.4 is 4.72 Å². The number of anilines is 1. The van der Waals surface area contributed by atoms with Crippen molar-refractivity contribution in [3.8, 4) is 0 Å². The van der Waals surface area contributed by atoms with Gasteiger partial charge in [-0.1, -0.05) is 0 Å². The lowest BCUT2D eigenvalue weighted by molar-refractivity contribution is 0.0396. The van der Waals surface area contributed by atoms with E-state index < -0.39 is 34.8 Å². The van der Waals surface area contributed by atoms with Crippen LogP contribution in [-0.2, 0) is 11.3 Å². The van der Waals surface area contributed by atoms with Crippen LogP contribution in [-0.4, -0.2) is 50.1 Å². The predicted molar refractivity (Wildman–Crippen MR) is 106 cm³/mol. The zero-order valence-electron chi connectivity index (χ0n) is 16.4. The van der Waals surface area contributed by atoms with E-state index in [1.807, 2.05) is 11.8 Å². The first-order valence-corrected chi connectivity index (χ1v) is 10.4. The Morgan fingerprint density at radius 1 is 1.13 bits per heavy atom. The van der Waals surface area contributed by atoms with Gasteiger partial charge < -0.3 is 14.2 Å². The van der Waals surface area contributed by atoms with Gasteiger partial charge in [-0.2, -0.15) is 0 Å². The molecule has 3 atom stereocenters. The normalized spacial score (nSPS) is 19.4. The number of nitrogens with zero attached hydrogens (tertiary/aromatic N) is 2. The average Bonchev–Trinajstić information content (AvgIpc) is 2.70. The minimum atomic E-state index is -2.45. The van der Waals surface area contributed by atoms with Crippen LogP contribution in [0.5, 0.6) is 0 Å². The van der Waals surface area contributed by atoms with E-state index in [0.29, 0.717) is 30.9 Å². The molecule has 6 nitrogen and oxygen atoms in total. The molecule has 0 aromatic heterocycles. The van der Waals surface area contributed by atoms with Gasteiger partial charge in [0.05, 0.1) is 0 Å². The number of nitrogens with one attached hydrogen (secondary N) is 1. The van der Waals surface area contributed by atoms with E-state index >= 15 is 0 Å². The minimum Gasteiger partial charge on any atom is -0.755 e. The average molecular weight is 440 g/mol. The Hall–Kier alpha value is -2.43. The number of carbonyl (C=O) groups is 1. The summed E-state index contributed by atoms with van der Waals surface area (Å²) in [4.78, 5) is 16.3. The van der Waals surface area contributed by atoms with Crippen LogP contribution in [0, 0.1) is 17.5 Å². The van der Waals surface area contributed by atoms with E-state index in [0.717, 1.165) is 12.1 Å². The first-order chi connectivity index (χ1) is 14.2. The summed E-state index contributed by atoms with van der Waals surface area (Å²) in [5.74, 6) is -3.33. The van der Waals surface area contributed by atoms with Crippen molar-refractivity contribution in [1.82, 2.24) is 9.80 Å². The summed E-state index contributed by atoms with van der Waals surface area (Å²) < 4.78 is 65.4. The Morgan fingerprint density at radius 3 is 2.37 bits per heavy atom. The molecule has 1 aliphatic heterocycles. The molecule has 2 aromatic rings. The molecule has 1 aliphatic rings. The first-order valence-electron chi connectivity index (χ1n) is 9.33. The van der Waals surface area contributed by atoms with Crippen molar-refractivity contribution in [2.24, 2.45) is 0 Å². The Morgan fingerprint density at radius 2 is 1.77 bits per heavy atom. The fraction of sp³-hybridized carbons (Fsp3) is 0.350. The number of halogens is 3. The number of carbonyl (C=O) groups excluding carboxylic acids is 1. The van der Waals surface area contributed by atoms with Crippen LogP contribution in [0.25, 0.3) is 0 Å². The molecule has 10 heteroatoms. The number of hydrogen-bond donors (Lipinski definition) is 1. The van der Waals surface area contributed by atoms with E-state index in [1.165, 1.54) is 24.3 Å². The monoisotopic (exact) mass is 440 g/mol. The van der Waals surface area contributed by atoms with Crippen LogP contribution in [0.4, 0.5) is 18.9 Å². The van der Waals surface area contributed by atoms with Crippen molar-refractivity contribution < 1.29 is 26.7 Å². The van der Waals surface area contributed by atoms with E-state index in [1.54, 1.807) is 11.8 Å². The Labute approximate surface area is 175 Å². The molecule has 0 spiro atoms. The van der Waals surface area contributed by atoms with E-state index in [2.05, 4.69) is 4.72 Å². The van der Waals surface area contributed by atoms with Crippen LogP contribution in [0.15, 0.2) is 36.4 Å². The molecule has 0 radical (unpaired) electrons. The summed E-state index contributed by atoms with van der Waals surface area (Å²) in [6.45, 7) is 4.48. The van der Waals surface area contributed by atoms with Crippen molar-refractivity contribution in [2.45, 2.75) is 25.9 Å². The lowest BCUT2D eigenvalue weighted by Crippen LogP contribution is -2.54. The number of piperazine rings is 1. The molecule has 1 saturated heterocycles. The molecule has 1 fully saturated rings. The van der Waals surface area contributed by atoms with Gasteiger partial charge in [-0.05, 0) is 50.2 Å². The molecule has 30 heavy (non-hydrogen) atoms. The Bertz CT molecular complexity index is 958. The fourth-order valence-electron chi connectivity index (χ4n) is 3.69. The second kappa shape index (κ2) is 9.15. The van der Waals surface area contributed by atoms with Gasteiger partial charge in [0.25, 0.3) is 5.91 Å². The zero-order chi connectivity index (χ0) is 22.0. The summed E-state index contributed by atoms with van der Waals surface area (Å²) in [6.07, 6.45) is 0. The maximum atomic E-state index is 14.2. The van der Waals surface area contributed by atoms with Gasteiger partial charge in [-0.25, -0.2) is 13.2 Å². The molecule has 2 unspecified atom stereocenters. The predicted octanol–water partition coefficient (Wildman–Crippen LogP) is 3.22. The molecule has 0 saturated carbocycles. The van der Waals surface area contributed by atoms with E-state index in [4.69, 9.17) is 0 Å². The molecular formula is C20H21F3N3O3S-. The van der Waals surface area contributed by atoms with E-state index in [-0.39, 0.29) is 17.5 Å². The minimum absolute atomic E-state index is 0.229. The van der Waals surface area contributed by atoms with Gasteiger partial charge in [-0.15, -0.1) is 0 Å². The van der Waals surface area contributed by atoms with Gasteiger partial charge in [0.15, 0.2) is 11.6 Å². The summed E-state index contributed by atoms with van der Waals surface area (Å²) >= 11 is -2.45. The Balaban J connectivity index is 1.70. The van der Waals surface area contributed by atoms with Crippen molar-refractivity contribution in [3.05, 3.63) is 65.0 Å². The largest absolute Gasteiger partial charge is 0.755 e. The van der Waals surface area contributed by atoms with Crippen molar-refractivity contribution in [1.29, 1.82) is 0 Å². The molecule has 1 heterocycles. The lowest BCUT2D eigenvalue weighted by Gasteiger charge is -2.42. The van der Waals surface area contributed by atoms with Crippen molar-refractivity contribution in [3.63, 3.8) is 0 Å². The maximum absolute atomic E-state index is 14.2. The molecule has 162 valence electrons. The Kier molecular flexibility index (Phi) is 6.79. The zero-order valence-corrected chi connectivity index (χ0v) is 17.2. The molecule has 1 N–H and O–H groups in total. The van der Waals surface area contributed by atoms with Gasteiger partial charge in [0.2, 0.25) is 0 Å². The fourth-order valence-corrected chi connectivity index (χ4v) is 4.02.